The van der Waals surface area contributed by atoms with Gasteiger partial charge in [0.1, 0.15) is 5.52 Å². The van der Waals surface area contributed by atoms with Gasteiger partial charge in [-0.1, -0.05) is 30.3 Å². The Morgan fingerprint density at radius 1 is 1.18 bits per heavy atom. The highest BCUT2D eigenvalue weighted by Crippen LogP contribution is 2.08. The Balaban J connectivity index is 2.10. The standard InChI is InChI=1S/C13H11N3O/c17-11-6-7-14-13-12(11)16(9-15-13)8-10-4-2-1-3-5-10/h1-7,9H,8H2,(H,14,17). The topological polar surface area (TPSA) is 50.7 Å². The molecule has 17 heavy (non-hydrogen) atoms. The zero-order valence-corrected chi connectivity index (χ0v) is 9.13. The molecule has 3 rings (SSSR count). The maximum Gasteiger partial charge on any atom is 0.207 e. The summed E-state index contributed by atoms with van der Waals surface area (Å²) in [7, 11) is 0. The first-order valence-corrected chi connectivity index (χ1v) is 5.41. The number of benzene rings is 1. The normalized spacial score (nSPS) is 10.8. The predicted octanol–water partition coefficient (Wildman–Crippen LogP) is 1.77. The van der Waals surface area contributed by atoms with Crippen LogP contribution < -0.4 is 5.43 Å². The van der Waals surface area contributed by atoms with Crippen LogP contribution in [0.15, 0.2) is 53.7 Å². The number of aromatic amines is 1. The lowest BCUT2D eigenvalue weighted by molar-refractivity contribution is 0.822. The smallest absolute Gasteiger partial charge is 0.207 e. The molecule has 0 aliphatic heterocycles. The van der Waals surface area contributed by atoms with Crippen LogP contribution in [0.2, 0.25) is 0 Å². The summed E-state index contributed by atoms with van der Waals surface area (Å²) in [5.74, 6) is 0. The van der Waals surface area contributed by atoms with Gasteiger partial charge in [-0.2, -0.15) is 0 Å². The molecule has 1 N–H and O–H groups in total. The summed E-state index contributed by atoms with van der Waals surface area (Å²) in [5, 5.41) is 0. The molecule has 0 bridgehead atoms. The third-order valence-corrected chi connectivity index (χ3v) is 2.72. The van der Waals surface area contributed by atoms with Crippen molar-refractivity contribution >= 4 is 11.2 Å². The molecule has 1 aromatic carbocycles. The summed E-state index contributed by atoms with van der Waals surface area (Å²) in [5.41, 5.74) is 2.40. The van der Waals surface area contributed by atoms with Crippen LogP contribution in [0.5, 0.6) is 0 Å². The molecule has 0 amide bonds. The number of pyridine rings is 1. The van der Waals surface area contributed by atoms with Gasteiger partial charge in [0.25, 0.3) is 0 Å². The molecule has 0 aliphatic carbocycles. The number of rotatable bonds is 2. The molecule has 0 saturated carbocycles. The van der Waals surface area contributed by atoms with Gasteiger partial charge in [0.15, 0.2) is 5.65 Å². The molecule has 0 radical (unpaired) electrons. The van der Waals surface area contributed by atoms with Gasteiger partial charge in [0, 0.05) is 18.8 Å². The van der Waals surface area contributed by atoms with Crippen LogP contribution in [0.3, 0.4) is 0 Å². The van der Waals surface area contributed by atoms with Crippen LogP contribution in [0, 0.1) is 0 Å². The average Bonchev–Trinajstić information content (AvgIpc) is 2.75. The maximum absolute atomic E-state index is 11.8. The number of fused-ring (bicyclic) bond motifs is 1. The van der Waals surface area contributed by atoms with Gasteiger partial charge in [-0.25, -0.2) is 4.98 Å². The lowest BCUT2D eigenvalue weighted by Gasteiger charge is -2.03. The molecular weight excluding hydrogens is 214 g/mol. The van der Waals surface area contributed by atoms with Crippen molar-refractivity contribution in [2.45, 2.75) is 6.54 Å². The van der Waals surface area contributed by atoms with Crippen LogP contribution >= 0.6 is 0 Å². The fourth-order valence-corrected chi connectivity index (χ4v) is 1.92. The quantitative estimate of drug-likeness (QED) is 0.722. The Morgan fingerprint density at radius 2 is 2.00 bits per heavy atom. The minimum atomic E-state index is -0.00724. The van der Waals surface area contributed by atoms with Crippen molar-refractivity contribution in [2.75, 3.05) is 0 Å². The molecule has 84 valence electrons. The van der Waals surface area contributed by atoms with Crippen LogP contribution in [0.4, 0.5) is 0 Å². The van der Waals surface area contributed by atoms with Gasteiger partial charge in [-0.15, -0.1) is 0 Å². The van der Waals surface area contributed by atoms with E-state index in [0.717, 1.165) is 5.56 Å². The highest BCUT2D eigenvalue weighted by molar-refractivity contribution is 5.70. The van der Waals surface area contributed by atoms with Gasteiger partial charge in [-0.3, -0.25) is 4.79 Å². The Kier molecular flexibility index (Phi) is 2.26. The average molecular weight is 225 g/mol. The van der Waals surface area contributed by atoms with E-state index < -0.39 is 0 Å². The molecule has 0 unspecified atom stereocenters. The van der Waals surface area contributed by atoms with Crippen molar-refractivity contribution in [1.29, 1.82) is 0 Å². The summed E-state index contributed by atoms with van der Waals surface area (Å²) in [4.78, 5) is 18.9. The third-order valence-electron chi connectivity index (χ3n) is 2.72. The van der Waals surface area contributed by atoms with Gasteiger partial charge in [-0.05, 0) is 5.56 Å². The van der Waals surface area contributed by atoms with Crippen LogP contribution in [0.25, 0.3) is 11.2 Å². The zero-order valence-electron chi connectivity index (χ0n) is 9.13. The van der Waals surface area contributed by atoms with Crippen molar-refractivity contribution in [3.8, 4) is 0 Å². The summed E-state index contributed by atoms with van der Waals surface area (Å²) in [6, 6.07) is 11.5. The van der Waals surface area contributed by atoms with E-state index in [1.165, 1.54) is 6.07 Å². The number of hydrogen-bond acceptors (Lipinski definition) is 2. The second-order valence-corrected chi connectivity index (χ2v) is 3.90. The van der Waals surface area contributed by atoms with E-state index in [1.54, 1.807) is 12.5 Å². The second-order valence-electron chi connectivity index (χ2n) is 3.90. The summed E-state index contributed by atoms with van der Waals surface area (Å²) in [6.45, 7) is 0.657. The Morgan fingerprint density at radius 3 is 2.82 bits per heavy atom. The third kappa shape index (κ3) is 1.73. The van der Waals surface area contributed by atoms with Crippen LogP contribution in [-0.2, 0) is 6.54 Å². The number of aromatic nitrogens is 3. The number of nitrogens with one attached hydrogen (secondary N) is 1. The summed E-state index contributed by atoms with van der Waals surface area (Å²) in [6.07, 6.45) is 3.31. The molecule has 0 saturated heterocycles. The molecule has 4 nitrogen and oxygen atoms in total. The molecule has 0 aliphatic rings. The minimum absolute atomic E-state index is 0.00724. The fraction of sp³-hybridized carbons (Fsp3) is 0.0769. The Bertz CT molecular complexity index is 697. The molecule has 0 atom stereocenters. The van der Waals surface area contributed by atoms with Gasteiger partial charge >= 0.3 is 0 Å². The van der Waals surface area contributed by atoms with Crippen LogP contribution in [-0.4, -0.2) is 14.5 Å². The maximum atomic E-state index is 11.8. The SMILES string of the molecule is O=c1cc[nH]c2ncn(Cc3ccccc3)c12. The van der Waals surface area contributed by atoms with E-state index in [2.05, 4.69) is 9.97 Å². The molecule has 3 aromatic rings. The van der Waals surface area contributed by atoms with E-state index in [9.17, 15) is 4.79 Å². The monoisotopic (exact) mass is 225 g/mol. The zero-order chi connectivity index (χ0) is 11.7. The van der Waals surface area contributed by atoms with Crippen molar-refractivity contribution in [3.05, 3.63) is 64.7 Å². The molecule has 2 heterocycles. The fourth-order valence-electron chi connectivity index (χ4n) is 1.92. The van der Waals surface area contributed by atoms with Crippen LogP contribution in [0.1, 0.15) is 5.56 Å². The number of imidazole rings is 1. The Hall–Kier alpha value is -2.36. The first-order chi connectivity index (χ1) is 8.34. The van der Waals surface area contributed by atoms with Crippen molar-refractivity contribution < 1.29 is 0 Å². The van der Waals surface area contributed by atoms with E-state index in [1.807, 2.05) is 34.9 Å². The number of hydrogen-bond donors (Lipinski definition) is 1. The van der Waals surface area contributed by atoms with Crippen molar-refractivity contribution in [2.24, 2.45) is 0 Å². The van der Waals surface area contributed by atoms with E-state index in [-0.39, 0.29) is 5.43 Å². The van der Waals surface area contributed by atoms with Gasteiger partial charge < -0.3 is 9.55 Å². The summed E-state index contributed by atoms with van der Waals surface area (Å²) >= 11 is 0. The number of H-pyrrole nitrogens is 1. The van der Waals surface area contributed by atoms with E-state index in [0.29, 0.717) is 17.7 Å². The van der Waals surface area contributed by atoms with Gasteiger partial charge in [0.2, 0.25) is 5.43 Å². The highest BCUT2D eigenvalue weighted by atomic mass is 16.1. The molecule has 0 fully saturated rings. The highest BCUT2D eigenvalue weighted by Gasteiger charge is 2.06. The van der Waals surface area contributed by atoms with Crippen molar-refractivity contribution in [3.63, 3.8) is 0 Å². The predicted molar refractivity (Wildman–Crippen MR) is 65.9 cm³/mol. The lowest BCUT2D eigenvalue weighted by Crippen LogP contribution is -2.07. The summed E-state index contributed by atoms with van der Waals surface area (Å²) < 4.78 is 1.86. The van der Waals surface area contributed by atoms with Gasteiger partial charge in [0.05, 0.1) is 6.33 Å². The second kappa shape index (κ2) is 3.90. The molecule has 4 heteroatoms. The molecule has 0 spiro atoms. The number of nitrogens with zero attached hydrogens (tertiary/aromatic N) is 2. The van der Waals surface area contributed by atoms with E-state index >= 15 is 0 Å². The first-order valence-electron chi connectivity index (χ1n) is 5.41. The largest absolute Gasteiger partial charge is 0.345 e. The van der Waals surface area contributed by atoms with Crippen molar-refractivity contribution in [1.82, 2.24) is 14.5 Å². The molecule has 2 aromatic heterocycles. The first kappa shape index (κ1) is 9.84. The Labute approximate surface area is 97.6 Å². The lowest BCUT2D eigenvalue weighted by atomic mass is 10.2. The minimum Gasteiger partial charge on any atom is -0.345 e. The van der Waals surface area contributed by atoms with E-state index in [4.69, 9.17) is 0 Å². The molecular formula is C13H11N3O.